The SMILES string of the molecule is O=C1C(c2ccc(F)cc2)=C(C(F)(F)F)C(=O)c2ccccc21. The zero-order valence-electron chi connectivity index (χ0n) is 11.4. The van der Waals surface area contributed by atoms with E-state index >= 15 is 0 Å². The van der Waals surface area contributed by atoms with Crippen LogP contribution in [0.4, 0.5) is 17.6 Å². The van der Waals surface area contributed by atoms with Gasteiger partial charge in [0.05, 0.1) is 0 Å². The molecular weight excluding hydrogens is 312 g/mol. The number of halogens is 4. The van der Waals surface area contributed by atoms with Crippen LogP contribution in [0.3, 0.4) is 0 Å². The van der Waals surface area contributed by atoms with Crippen LogP contribution in [0.25, 0.3) is 5.57 Å². The molecule has 0 heterocycles. The number of alkyl halides is 3. The van der Waals surface area contributed by atoms with Crippen molar-refractivity contribution < 1.29 is 27.2 Å². The Hall–Kier alpha value is -2.76. The van der Waals surface area contributed by atoms with Crippen LogP contribution >= 0.6 is 0 Å². The summed E-state index contributed by atoms with van der Waals surface area (Å²) in [5.74, 6) is -2.82. The van der Waals surface area contributed by atoms with Crippen LogP contribution in [-0.4, -0.2) is 17.7 Å². The number of carbonyl (C=O) groups is 2. The van der Waals surface area contributed by atoms with Gasteiger partial charge in [0.25, 0.3) is 0 Å². The van der Waals surface area contributed by atoms with Gasteiger partial charge in [0.1, 0.15) is 11.4 Å². The molecule has 0 fully saturated rings. The maximum Gasteiger partial charge on any atom is 0.420 e. The molecule has 0 radical (unpaired) electrons. The molecule has 0 aromatic heterocycles. The maximum atomic E-state index is 13.4. The first-order valence-electron chi connectivity index (χ1n) is 6.56. The average Bonchev–Trinajstić information content (AvgIpc) is 2.50. The van der Waals surface area contributed by atoms with Gasteiger partial charge in [-0.1, -0.05) is 36.4 Å². The normalized spacial score (nSPS) is 15.0. The highest BCUT2D eigenvalue weighted by Gasteiger charge is 2.46. The van der Waals surface area contributed by atoms with Crippen molar-refractivity contribution in [2.24, 2.45) is 0 Å². The molecule has 0 saturated carbocycles. The summed E-state index contributed by atoms with van der Waals surface area (Å²) in [7, 11) is 0. The summed E-state index contributed by atoms with van der Waals surface area (Å²) in [6.45, 7) is 0. The van der Waals surface area contributed by atoms with Gasteiger partial charge in [-0.05, 0) is 17.7 Å². The van der Waals surface area contributed by atoms with Crippen LogP contribution in [0.5, 0.6) is 0 Å². The van der Waals surface area contributed by atoms with Crippen LogP contribution in [0, 0.1) is 5.82 Å². The summed E-state index contributed by atoms with van der Waals surface area (Å²) in [5.41, 5.74) is -2.79. The fourth-order valence-corrected chi connectivity index (χ4v) is 2.54. The molecule has 23 heavy (non-hydrogen) atoms. The molecule has 0 amide bonds. The Morgan fingerprint density at radius 1 is 0.739 bits per heavy atom. The van der Waals surface area contributed by atoms with E-state index in [4.69, 9.17) is 0 Å². The quantitative estimate of drug-likeness (QED) is 0.737. The minimum atomic E-state index is -5.00. The second kappa shape index (κ2) is 5.15. The molecule has 0 saturated heterocycles. The van der Waals surface area contributed by atoms with Crippen molar-refractivity contribution in [1.29, 1.82) is 0 Å². The van der Waals surface area contributed by atoms with E-state index in [1.165, 1.54) is 24.3 Å². The number of benzene rings is 2. The maximum absolute atomic E-state index is 13.4. The number of hydrogen-bond acceptors (Lipinski definition) is 2. The van der Waals surface area contributed by atoms with E-state index < -0.39 is 34.7 Å². The lowest BCUT2D eigenvalue weighted by molar-refractivity contribution is -0.0882. The highest BCUT2D eigenvalue weighted by atomic mass is 19.4. The second-order valence-electron chi connectivity index (χ2n) is 4.96. The second-order valence-corrected chi connectivity index (χ2v) is 4.96. The number of fused-ring (bicyclic) bond motifs is 1. The Bertz CT molecular complexity index is 846. The first-order chi connectivity index (χ1) is 10.8. The number of Topliss-reactive ketones (excluding diaryl/α,β-unsaturated/α-hetero) is 2. The number of hydrogen-bond donors (Lipinski definition) is 0. The highest BCUT2D eigenvalue weighted by Crippen LogP contribution is 2.40. The van der Waals surface area contributed by atoms with Gasteiger partial charge in [-0.15, -0.1) is 0 Å². The van der Waals surface area contributed by atoms with Crippen LogP contribution < -0.4 is 0 Å². The van der Waals surface area contributed by atoms with Gasteiger partial charge in [-0.25, -0.2) is 4.39 Å². The molecule has 0 aliphatic heterocycles. The van der Waals surface area contributed by atoms with E-state index in [0.717, 1.165) is 24.3 Å². The topological polar surface area (TPSA) is 34.1 Å². The molecule has 0 bridgehead atoms. The number of ketones is 2. The molecule has 0 atom stereocenters. The summed E-state index contributed by atoms with van der Waals surface area (Å²) in [6, 6.07) is 9.31. The summed E-state index contributed by atoms with van der Waals surface area (Å²) < 4.78 is 53.1. The molecule has 6 heteroatoms. The predicted molar refractivity (Wildman–Crippen MR) is 74.5 cm³/mol. The summed E-state index contributed by atoms with van der Waals surface area (Å²) >= 11 is 0. The van der Waals surface area contributed by atoms with Gasteiger partial charge in [-0.2, -0.15) is 13.2 Å². The van der Waals surface area contributed by atoms with Crippen molar-refractivity contribution >= 4 is 17.1 Å². The van der Waals surface area contributed by atoms with Gasteiger partial charge in [0, 0.05) is 16.7 Å². The third kappa shape index (κ3) is 2.46. The van der Waals surface area contributed by atoms with Crippen LogP contribution in [0.1, 0.15) is 26.3 Å². The zero-order chi connectivity index (χ0) is 16.8. The van der Waals surface area contributed by atoms with Gasteiger partial charge in [0.2, 0.25) is 0 Å². The Balaban J connectivity index is 2.33. The molecule has 0 spiro atoms. The number of rotatable bonds is 1. The number of carbonyl (C=O) groups excluding carboxylic acids is 2. The zero-order valence-corrected chi connectivity index (χ0v) is 11.4. The molecule has 2 nitrogen and oxygen atoms in total. The Labute approximate surface area is 128 Å². The van der Waals surface area contributed by atoms with Crippen LogP contribution in [0.15, 0.2) is 54.1 Å². The van der Waals surface area contributed by atoms with Crippen molar-refractivity contribution in [3.05, 3.63) is 76.6 Å². The van der Waals surface area contributed by atoms with Crippen molar-refractivity contribution in [2.75, 3.05) is 0 Å². The lowest BCUT2D eigenvalue weighted by Crippen LogP contribution is -2.29. The van der Waals surface area contributed by atoms with Crippen molar-refractivity contribution in [3.8, 4) is 0 Å². The minimum absolute atomic E-state index is 0.0928. The molecule has 2 aromatic rings. The van der Waals surface area contributed by atoms with E-state index in [0.29, 0.717) is 0 Å². The lowest BCUT2D eigenvalue weighted by Gasteiger charge is -2.22. The van der Waals surface area contributed by atoms with E-state index in [9.17, 15) is 27.2 Å². The predicted octanol–water partition coefficient (Wildman–Crippen LogP) is 4.22. The van der Waals surface area contributed by atoms with E-state index in [2.05, 4.69) is 0 Å². The third-order valence-corrected chi connectivity index (χ3v) is 3.54. The molecule has 116 valence electrons. The Morgan fingerprint density at radius 2 is 1.26 bits per heavy atom. The largest absolute Gasteiger partial charge is 0.420 e. The molecule has 1 aliphatic carbocycles. The van der Waals surface area contributed by atoms with Crippen LogP contribution in [-0.2, 0) is 0 Å². The molecule has 2 aromatic carbocycles. The summed E-state index contributed by atoms with van der Waals surface area (Å²) in [5, 5.41) is 0. The fraction of sp³-hybridized carbons (Fsp3) is 0.0588. The average molecular weight is 320 g/mol. The van der Waals surface area contributed by atoms with Crippen molar-refractivity contribution in [3.63, 3.8) is 0 Å². The van der Waals surface area contributed by atoms with Gasteiger partial charge < -0.3 is 0 Å². The van der Waals surface area contributed by atoms with E-state index in [1.807, 2.05) is 0 Å². The van der Waals surface area contributed by atoms with E-state index in [-0.39, 0.29) is 16.7 Å². The molecular formula is C17H8F4O2. The standard InChI is InChI=1S/C17H8F4O2/c18-10-7-5-9(6-8-10)13-14(17(19,20)21)16(23)12-4-2-1-3-11(12)15(13)22/h1-8H. The molecule has 1 aliphatic rings. The first-order valence-corrected chi connectivity index (χ1v) is 6.56. The molecule has 0 N–H and O–H groups in total. The first kappa shape index (κ1) is 15.1. The van der Waals surface area contributed by atoms with Crippen molar-refractivity contribution in [2.45, 2.75) is 6.18 Å². The fourth-order valence-electron chi connectivity index (χ4n) is 2.54. The highest BCUT2D eigenvalue weighted by molar-refractivity contribution is 6.40. The monoisotopic (exact) mass is 320 g/mol. The Kier molecular flexibility index (Phi) is 3.39. The van der Waals surface area contributed by atoms with Gasteiger partial charge in [-0.3, -0.25) is 9.59 Å². The van der Waals surface area contributed by atoms with E-state index in [1.54, 1.807) is 0 Å². The Morgan fingerprint density at radius 3 is 1.78 bits per heavy atom. The van der Waals surface area contributed by atoms with Crippen molar-refractivity contribution in [1.82, 2.24) is 0 Å². The summed E-state index contributed by atoms with van der Waals surface area (Å²) in [6.07, 6.45) is -5.00. The molecule has 0 unspecified atom stereocenters. The number of allylic oxidation sites excluding steroid dienone is 2. The van der Waals surface area contributed by atoms with Gasteiger partial charge in [0.15, 0.2) is 11.6 Å². The smallest absolute Gasteiger partial charge is 0.289 e. The third-order valence-electron chi connectivity index (χ3n) is 3.54. The minimum Gasteiger partial charge on any atom is -0.289 e. The van der Waals surface area contributed by atoms with Crippen LogP contribution in [0.2, 0.25) is 0 Å². The van der Waals surface area contributed by atoms with Gasteiger partial charge >= 0.3 is 6.18 Å². The summed E-state index contributed by atoms with van der Waals surface area (Å²) in [4.78, 5) is 24.8. The lowest BCUT2D eigenvalue weighted by atomic mass is 9.81. The molecule has 3 rings (SSSR count).